The normalized spacial score (nSPS) is 37.8. The van der Waals surface area contributed by atoms with Crippen LogP contribution in [0.4, 0.5) is 0 Å². The first-order valence-corrected chi connectivity index (χ1v) is 10.7. The van der Waals surface area contributed by atoms with Gasteiger partial charge in [0.15, 0.2) is 0 Å². The van der Waals surface area contributed by atoms with Crippen molar-refractivity contribution >= 4 is 0 Å². The average molecular weight is 338 g/mol. The molecule has 0 aromatic rings. The number of hydrogen-bond donors (Lipinski definition) is 2. The van der Waals surface area contributed by atoms with Crippen LogP contribution in [0.15, 0.2) is 0 Å². The molecule has 0 amide bonds. The highest BCUT2D eigenvalue weighted by Gasteiger charge is 2.33. The fraction of sp³-hybridized carbons (Fsp3) is 1.00. The van der Waals surface area contributed by atoms with E-state index in [2.05, 4.69) is 15.5 Å². The summed E-state index contributed by atoms with van der Waals surface area (Å²) in [6.07, 6.45) is 11.7. The van der Waals surface area contributed by atoms with Crippen molar-refractivity contribution in [3.05, 3.63) is 0 Å². The van der Waals surface area contributed by atoms with Crippen molar-refractivity contribution in [2.24, 2.45) is 5.92 Å². The first-order valence-electron chi connectivity index (χ1n) is 10.7. The van der Waals surface area contributed by atoms with E-state index < -0.39 is 0 Å². The lowest BCUT2D eigenvalue weighted by Crippen LogP contribution is -2.52. The Morgan fingerprint density at radius 1 is 0.792 bits per heavy atom. The molecule has 24 heavy (non-hydrogen) atoms. The molecule has 3 saturated heterocycles. The zero-order chi connectivity index (χ0) is 16.8. The van der Waals surface area contributed by atoms with Crippen LogP contribution in [0.2, 0.25) is 0 Å². The van der Waals surface area contributed by atoms with Crippen molar-refractivity contribution in [2.75, 3.05) is 32.7 Å². The van der Waals surface area contributed by atoms with Crippen LogP contribution >= 0.6 is 0 Å². The summed E-state index contributed by atoms with van der Waals surface area (Å²) in [6.45, 7) is 10.2. The van der Waals surface area contributed by atoms with Crippen molar-refractivity contribution in [3.63, 3.8) is 0 Å². The van der Waals surface area contributed by atoms with Crippen LogP contribution in [-0.4, -0.2) is 61.9 Å². The number of hydrogen-bond acceptors (Lipinski definition) is 4. The Bertz CT molecular complexity index is 339. The number of nitrogens with zero attached hydrogens (tertiary/aromatic N) is 1. The van der Waals surface area contributed by atoms with Crippen molar-refractivity contribution in [2.45, 2.75) is 89.5 Å². The van der Waals surface area contributed by atoms with Gasteiger partial charge in [-0.2, -0.15) is 0 Å². The van der Waals surface area contributed by atoms with E-state index >= 15 is 0 Å². The van der Waals surface area contributed by atoms with Gasteiger partial charge in [0.25, 0.3) is 0 Å². The zero-order valence-electron chi connectivity index (χ0n) is 15.9. The second-order valence-corrected chi connectivity index (χ2v) is 8.08. The molecule has 2 N–H and O–H groups in total. The van der Waals surface area contributed by atoms with Crippen molar-refractivity contribution in [3.8, 4) is 0 Å². The lowest BCUT2D eigenvalue weighted by atomic mass is 9.86. The van der Waals surface area contributed by atoms with Crippen LogP contribution in [0, 0.1) is 5.92 Å². The summed E-state index contributed by atoms with van der Waals surface area (Å²) < 4.78 is 6.35. The van der Waals surface area contributed by atoms with Crippen LogP contribution in [-0.2, 0) is 4.74 Å². The molecular weight excluding hydrogens is 298 g/mol. The fourth-order valence-electron chi connectivity index (χ4n) is 5.06. The number of rotatable bonds is 4. The van der Waals surface area contributed by atoms with Crippen molar-refractivity contribution < 1.29 is 4.74 Å². The molecule has 140 valence electrons. The van der Waals surface area contributed by atoms with E-state index in [-0.39, 0.29) is 0 Å². The van der Waals surface area contributed by atoms with Crippen LogP contribution in [0.1, 0.15) is 65.2 Å². The quantitative estimate of drug-likeness (QED) is 0.827. The Hall–Kier alpha value is -0.160. The smallest absolute Gasteiger partial charge is 0.0603 e. The molecule has 4 rings (SSSR count). The third-order valence-corrected chi connectivity index (χ3v) is 6.27. The highest BCUT2D eigenvalue weighted by Crippen LogP contribution is 2.30. The molecule has 2 bridgehead atoms. The summed E-state index contributed by atoms with van der Waals surface area (Å²) in [6, 6.07) is 1.58. The molecule has 4 fully saturated rings. The van der Waals surface area contributed by atoms with E-state index in [0.29, 0.717) is 12.2 Å². The van der Waals surface area contributed by atoms with Gasteiger partial charge >= 0.3 is 0 Å². The number of piperidine rings is 1. The largest absolute Gasteiger partial charge is 0.375 e. The number of fused-ring (bicyclic) bond motifs is 2. The Kier molecular flexibility index (Phi) is 7.38. The maximum Gasteiger partial charge on any atom is 0.0603 e. The Morgan fingerprint density at radius 2 is 1.38 bits per heavy atom. The second-order valence-electron chi connectivity index (χ2n) is 8.08. The van der Waals surface area contributed by atoms with Gasteiger partial charge in [-0.1, -0.05) is 13.8 Å². The predicted octanol–water partition coefficient (Wildman–Crippen LogP) is 2.78. The van der Waals surface area contributed by atoms with E-state index in [0.717, 1.165) is 31.1 Å². The van der Waals surface area contributed by atoms with Gasteiger partial charge in [-0.25, -0.2) is 0 Å². The van der Waals surface area contributed by atoms with Gasteiger partial charge in [0, 0.05) is 31.7 Å². The summed E-state index contributed by atoms with van der Waals surface area (Å²) >= 11 is 0. The maximum absolute atomic E-state index is 6.35. The van der Waals surface area contributed by atoms with Gasteiger partial charge in [0.2, 0.25) is 0 Å². The van der Waals surface area contributed by atoms with Crippen LogP contribution in [0.5, 0.6) is 0 Å². The van der Waals surface area contributed by atoms with Crippen LogP contribution in [0.3, 0.4) is 0 Å². The molecule has 2 atom stereocenters. The molecular formula is C20H39N3O. The molecule has 1 saturated carbocycles. The van der Waals surface area contributed by atoms with Gasteiger partial charge in [-0.3, -0.25) is 4.90 Å². The second kappa shape index (κ2) is 9.51. The monoisotopic (exact) mass is 337 g/mol. The summed E-state index contributed by atoms with van der Waals surface area (Å²) in [4.78, 5) is 2.75. The minimum absolute atomic E-state index is 0.534. The first kappa shape index (κ1) is 18.6. The molecule has 4 nitrogen and oxygen atoms in total. The Balaban J connectivity index is 0.000000815. The van der Waals surface area contributed by atoms with Gasteiger partial charge in [-0.15, -0.1) is 0 Å². The number of ether oxygens (including phenoxy) is 1. The number of nitrogens with one attached hydrogen (secondary N) is 2. The molecule has 4 heteroatoms. The minimum Gasteiger partial charge on any atom is -0.375 e. The van der Waals surface area contributed by atoms with Crippen molar-refractivity contribution in [1.82, 2.24) is 15.5 Å². The zero-order valence-corrected chi connectivity index (χ0v) is 15.9. The van der Waals surface area contributed by atoms with Gasteiger partial charge in [-0.05, 0) is 70.4 Å². The molecule has 2 unspecified atom stereocenters. The highest BCUT2D eigenvalue weighted by atomic mass is 16.5. The van der Waals surface area contributed by atoms with E-state index in [1.165, 1.54) is 71.0 Å². The molecule has 4 aliphatic rings. The standard InChI is InChI=1S/C18H33N3O.C2H6/c1-5-17(22-18-7-9-19-10-8-18)6-2-14(1)11-21-12-15-3-4-16(13-21)20-15;1-2/h14-20H,1-13H2;1-2H3. The summed E-state index contributed by atoms with van der Waals surface area (Å²) in [5.74, 6) is 0.922. The lowest BCUT2D eigenvalue weighted by Gasteiger charge is -2.38. The van der Waals surface area contributed by atoms with E-state index in [1.807, 2.05) is 13.8 Å². The van der Waals surface area contributed by atoms with E-state index in [4.69, 9.17) is 4.74 Å². The predicted molar refractivity (Wildman–Crippen MR) is 100 cm³/mol. The van der Waals surface area contributed by atoms with E-state index in [9.17, 15) is 0 Å². The minimum atomic E-state index is 0.534. The first-order chi connectivity index (χ1) is 11.8. The lowest BCUT2D eigenvalue weighted by molar-refractivity contribution is -0.0500. The summed E-state index contributed by atoms with van der Waals surface area (Å²) in [5.41, 5.74) is 0. The van der Waals surface area contributed by atoms with E-state index in [1.54, 1.807) is 0 Å². The fourth-order valence-corrected chi connectivity index (χ4v) is 5.06. The third-order valence-electron chi connectivity index (χ3n) is 6.27. The molecule has 3 heterocycles. The molecule has 0 aromatic carbocycles. The third kappa shape index (κ3) is 5.17. The Labute approximate surface area is 149 Å². The SMILES string of the molecule is C1CC(OC2CCC(CN3CC4CCC(C3)N4)CC2)CCN1.CC. The number of likely N-dealkylation sites (tertiary alicyclic amines) is 1. The topological polar surface area (TPSA) is 36.5 Å². The van der Waals surface area contributed by atoms with Gasteiger partial charge in [0.1, 0.15) is 0 Å². The maximum atomic E-state index is 6.35. The van der Waals surface area contributed by atoms with Crippen molar-refractivity contribution in [1.29, 1.82) is 0 Å². The van der Waals surface area contributed by atoms with Crippen LogP contribution < -0.4 is 10.6 Å². The molecule has 0 aromatic heterocycles. The average Bonchev–Trinajstić information content (AvgIpc) is 2.98. The molecule has 3 aliphatic heterocycles. The Morgan fingerprint density at radius 3 is 2.00 bits per heavy atom. The van der Waals surface area contributed by atoms with Gasteiger partial charge < -0.3 is 15.4 Å². The summed E-state index contributed by atoms with van der Waals surface area (Å²) in [5, 5.41) is 7.17. The van der Waals surface area contributed by atoms with Crippen LogP contribution in [0.25, 0.3) is 0 Å². The summed E-state index contributed by atoms with van der Waals surface area (Å²) in [7, 11) is 0. The molecule has 0 spiro atoms. The highest BCUT2D eigenvalue weighted by molar-refractivity contribution is 4.93. The molecule has 1 aliphatic carbocycles. The van der Waals surface area contributed by atoms with Gasteiger partial charge in [0.05, 0.1) is 12.2 Å². The number of piperazine rings is 1. The molecule has 0 radical (unpaired) electrons.